The van der Waals surface area contributed by atoms with E-state index in [2.05, 4.69) is 20.8 Å². The number of halogens is 1. The van der Waals surface area contributed by atoms with E-state index in [4.69, 9.17) is 9.52 Å². The molecule has 0 saturated heterocycles. The van der Waals surface area contributed by atoms with Gasteiger partial charge in [0.25, 0.3) is 0 Å². The molecule has 96 valence electrons. The Hall–Kier alpha value is -1.26. The number of anilines is 1. The van der Waals surface area contributed by atoms with Gasteiger partial charge in [-0.15, -0.1) is 0 Å². The molecule has 1 aromatic heterocycles. The van der Waals surface area contributed by atoms with Crippen molar-refractivity contribution >= 4 is 21.6 Å². The van der Waals surface area contributed by atoms with Gasteiger partial charge in [-0.3, -0.25) is 0 Å². The smallest absolute Gasteiger partial charge is 0.105 e. The predicted octanol–water partition coefficient (Wildman–Crippen LogP) is 3.48. The van der Waals surface area contributed by atoms with E-state index in [1.54, 1.807) is 6.26 Å². The van der Waals surface area contributed by atoms with Crippen molar-refractivity contribution in [3.8, 4) is 0 Å². The molecular formula is C14H16BrNO2. The Bertz CT molecular complexity index is 536. The van der Waals surface area contributed by atoms with Crippen LogP contribution in [-0.2, 0) is 13.2 Å². The van der Waals surface area contributed by atoms with Gasteiger partial charge < -0.3 is 14.4 Å². The summed E-state index contributed by atoms with van der Waals surface area (Å²) in [4.78, 5) is 2.14. The predicted molar refractivity (Wildman–Crippen MR) is 75.6 cm³/mol. The summed E-state index contributed by atoms with van der Waals surface area (Å²) in [5.41, 5.74) is 3.17. The van der Waals surface area contributed by atoms with Crippen LogP contribution in [0.15, 0.2) is 39.4 Å². The molecule has 1 heterocycles. The highest BCUT2D eigenvalue weighted by molar-refractivity contribution is 9.10. The van der Waals surface area contributed by atoms with Crippen molar-refractivity contribution in [3.63, 3.8) is 0 Å². The third-order valence-electron chi connectivity index (χ3n) is 3.02. The van der Waals surface area contributed by atoms with Gasteiger partial charge >= 0.3 is 0 Å². The fourth-order valence-electron chi connectivity index (χ4n) is 1.82. The van der Waals surface area contributed by atoms with Crippen molar-refractivity contribution in [2.24, 2.45) is 0 Å². The van der Waals surface area contributed by atoms with Gasteiger partial charge in [0.05, 0.1) is 12.9 Å². The molecule has 0 aliphatic carbocycles. The highest BCUT2D eigenvalue weighted by Gasteiger charge is 2.08. The van der Waals surface area contributed by atoms with Crippen LogP contribution in [0.5, 0.6) is 0 Å². The Morgan fingerprint density at radius 2 is 2.06 bits per heavy atom. The van der Waals surface area contributed by atoms with Crippen molar-refractivity contribution in [1.82, 2.24) is 0 Å². The summed E-state index contributed by atoms with van der Waals surface area (Å²) >= 11 is 3.46. The maximum absolute atomic E-state index is 9.14. The van der Waals surface area contributed by atoms with Gasteiger partial charge in [0.1, 0.15) is 5.76 Å². The van der Waals surface area contributed by atoms with Crippen LogP contribution in [0, 0.1) is 6.92 Å². The van der Waals surface area contributed by atoms with E-state index < -0.39 is 0 Å². The van der Waals surface area contributed by atoms with Gasteiger partial charge in [-0.05, 0) is 30.7 Å². The topological polar surface area (TPSA) is 36.6 Å². The zero-order valence-corrected chi connectivity index (χ0v) is 12.1. The van der Waals surface area contributed by atoms with Crippen LogP contribution < -0.4 is 4.90 Å². The number of aliphatic hydroxyl groups excluding tert-OH is 1. The molecule has 0 radical (unpaired) electrons. The summed E-state index contributed by atoms with van der Waals surface area (Å²) in [5.74, 6) is 0.952. The fraction of sp³-hybridized carbons (Fsp3) is 0.286. The number of aryl methyl sites for hydroxylation is 1. The average Bonchev–Trinajstić information content (AvgIpc) is 2.75. The third-order valence-corrected chi connectivity index (χ3v) is 3.76. The monoisotopic (exact) mass is 309 g/mol. The molecule has 0 aliphatic rings. The lowest BCUT2D eigenvalue weighted by molar-refractivity contribution is 0.281. The minimum absolute atomic E-state index is 0.0470. The molecule has 0 spiro atoms. The molecule has 3 nitrogen and oxygen atoms in total. The Morgan fingerprint density at radius 3 is 2.61 bits per heavy atom. The summed E-state index contributed by atoms with van der Waals surface area (Å²) in [6.45, 7) is 2.81. The molecular weight excluding hydrogens is 294 g/mol. The Labute approximate surface area is 115 Å². The Balaban J connectivity index is 2.16. The first-order chi connectivity index (χ1) is 8.61. The first kappa shape index (κ1) is 13.2. The van der Waals surface area contributed by atoms with Crippen LogP contribution in [0.25, 0.3) is 0 Å². The van der Waals surface area contributed by atoms with E-state index in [1.165, 1.54) is 5.56 Å². The van der Waals surface area contributed by atoms with Crippen molar-refractivity contribution in [3.05, 3.63) is 51.9 Å². The molecule has 0 unspecified atom stereocenters. The minimum Gasteiger partial charge on any atom is -0.469 e. The summed E-state index contributed by atoms with van der Waals surface area (Å²) in [7, 11) is 2.03. The van der Waals surface area contributed by atoms with Gasteiger partial charge in [-0.1, -0.05) is 22.0 Å². The van der Waals surface area contributed by atoms with Crippen LogP contribution in [0.3, 0.4) is 0 Å². The molecule has 0 amide bonds. The molecule has 0 fully saturated rings. The minimum atomic E-state index is 0.0470. The van der Waals surface area contributed by atoms with Crippen molar-refractivity contribution in [2.75, 3.05) is 11.9 Å². The van der Waals surface area contributed by atoms with E-state index in [-0.39, 0.29) is 6.61 Å². The number of hydrogen-bond donors (Lipinski definition) is 1. The lowest BCUT2D eigenvalue weighted by atomic mass is 10.2. The number of aliphatic hydroxyl groups is 1. The quantitative estimate of drug-likeness (QED) is 0.939. The second kappa shape index (κ2) is 5.59. The van der Waals surface area contributed by atoms with Crippen molar-refractivity contribution in [1.29, 1.82) is 0 Å². The van der Waals surface area contributed by atoms with Gasteiger partial charge in [-0.2, -0.15) is 0 Å². The lowest BCUT2D eigenvalue weighted by Gasteiger charge is -2.19. The third kappa shape index (κ3) is 2.76. The first-order valence-corrected chi connectivity index (χ1v) is 6.54. The summed E-state index contributed by atoms with van der Waals surface area (Å²) in [5, 5.41) is 9.14. The molecule has 4 heteroatoms. The van der Waals surface area contributed by atoms with Crippen LogP contribution in [-0.4, -0.2) is 12.2 Å². The molecule has 2 rings (SSSR count). The summed E-state index contributed by atoms with van der Waals surface area (Å²) in [6.07, 6.45) is 1.71. The zero-order valence-electron chi connectivity index (χ0n) is 10.5. The van der Waals surface area contributed by atoms with Crippen LogP contribution >= 0.6 is 15.9 Å². The Morgan fingerprint density at radius 1 is 1.28 bits per heavy atom. The lowest BCUT2D eigenvalue weighted by Crippen LogP contribution is -2.16. The number of benzene rings is 1. The summed E-state index contributed by atoms with van der Waals surface area (Å²) in [6, 6.07) is 7.94. The zero-order chi connectivity index (χ0) is 13.1. The van der Waals surface area contributed by atoms with E-state index in [9.17, 15) is 0 Å². The number of nitrogens with zero attached hydrogens (tertiary/aromatic N) is 1. The van der Waals surface area contributed by atoms with Crippen molar-refractivity contribution < 1.29 is 9.52 Å². The largest absolute Gasteiger partial charge is 0.469 e. The van der Waals surface area contributed by atoms with E-state index in [0.717, 1.165) is 28.0 Å². The molecule has 2 aromatic rings. The fourth-order valence-corrected chi connectivity index (χ4v) is 2.32. The van der Waals surface area contributed by atoms with E-state index >= 15 is 0 Å². The molecule has 1 aromatic carbocycles. The molecule has 0 saturated carbocycles. The van der Waals surface area contributed by atoms with Crippen molar-refractivity contribution in [2.45, 2.75) is 20.1 Å². The Kier molecular flexibility index (Phi) is 4.09. The summed E-state index contributed by atoms with van der Waals surface area (Å²) < 4.78 is 6.22. The highest BCUT2D eigenvalue weighted by Crippen LogP contribution is 2.25. The normalized spacial score (nSPS) is 10.7. The van der Waals surface area contributed by atoms with Gasteiger partial charge in [0, 0.05) is 29.3 Å². The number of hydrogen-bond acceptors (Lipinski definition) is 3. The van der Waals surface area contributed by atoms with Crippen LogP contribution in [0.4, 0.5) is 5.69 Å². The SMILES string of the molecule is Cc1occc1CN(C)c1ccc(CO)c(Br)c1. The van der Waals surface area contributed by atoms with Gasteiger partial charge in [-0.25, -0.2) is 0 Å². The number of rotatable bonds is 4. The molecule has 18 heavy (non-hydrogen) atoms. The molecule has 1 N–H and O–H groups in total. The highest BCUT2D eigenvalue weighted by atomic mass is 79.9. The van der Waals surface area contributed by atoms with Crippen LogP contribution in [0.2, 0.25) is 0 Å². The van der Waals surface area contributed by atoms with E-state index in [1.807, 2.05) is 38.2 Å². The molecule has 0 bridgehead atoms. The van der Waals surface area contributed by atoms with Crippen LogP contribution in [0.1, 0.15) is 16.9 Å². The maximum atomic E-state index is 9.14. The molecule has 0 atom stereocenters. The second-order valence-electron chi connectivity index (χ2n) is 4.29. The van der Waals surface area contributed by atoms with E-state index in [0.29, 0.717) is 0 Å². The number of furan rings is 1. The van der Waals surface area contributed by atoms with Gasteiger partial charge in [0.15, 0.2) is 0 Å². The molecule has 0 aliphatic heterocycles. The van der Waals surface area contributed by atoms with Gasteiger partial charge in [0.2, 0.25) is 0 Å². The standard InChI is InChI=1S/C14H16BrNO2/c1-10-11(5-6-18-10)8-16(2)13-4-3-12(9-17)14(15)7-13/h3-7,17H,8-9H2,1-2H3. The second-order valence-corrected chi connectivity index (χ2v) is 5.15. The average molecular weight is 310 g/mol. The maximum Gasteiger partial charge on any atom is 0.105 e. The first-order valence-electron chi connectivity index (χ1n) is 5.75.